The van der Waals surface area contributed by atoms with Gasteiger partial charge in [-0.2, -0.15) is 0 Å². The van der Waals surface area contributed by atoms with E-state index in [0.717, 1.165) is 31.2 Å². The van der Waals surface area contributed by atoms with E-state index in [9.17, 15) is 19.2 Å². The van der Waals surface area contributed by atoms with Gasteiger partial charge in [0.2, 0.25) is 17.7 Å². The van der Waals surface area contributed by atoms with Crippen LogP contribution in [0.1, 0.15) is 104 Å². The Labute approximate surface area is 234 Å². The Hall–Kier alpha value is -3.10. The van der Waals surface area contributed by atoms with Gasteiger partial charge in [-0.15, -0.1) is 0 Å². The number of rotatable bonds is 15. The van der Waals surface area contributed by atoms with E-state index in [1.54, 1.807) is 20.8 Å². The second-order valence-corrected chi connectivity index (χ2v) is 11.7. The molecule has 0 saturated heterocycles. The summed E-state index contributed by atoms with van der Waals surface area (Å²) in [5.41, 5.74) is 6.22. The molecule has 39 heavy (non-hydrogen) atoms. The maximum absolute atomic E-state index is 14.2. The molecule has 0 aliphatic heterocycles. The van der Waals surface area contributed by atoms with Crippen LogP contribution in [0.15, 0.2) is 24.3 Å². The minimum absolute atomic E-state index is 0.305. The lowest BCUT2D eigenvalue weighted by Gasteiger charge is -2.39. The molecule has 0 aromatic heterocycles. The van der Waals surface area contributed by atoms with Crippen LogP contribution in [0, 0.1) is 12.8 Å². The summed E-state index contributed by atoms with van der Waals surface area (Å²) < 4.78 is 5.35. The van der Waals surface area contributed by atoms with Crippen molar-refractivity contribution in [2.45, 2.75) is 118 Å². The van der Waals surface area contributed by atoms with Gasteiger partial charge in [-0.25, -0.2) is 4.79 Å². The van der Waals surface area contributed by atoms with E-state index in [-0.39, 0.29) is 11.9 Å². The molecule has 1 rings (SSSR count). The largest absolute Gasteiger partial charge is 0.444 e. The molecule has 0 spiro atoms. The highest BCUT2D eigenvalue weighted by Gasteiger charge is 2.39. The number of unbranched alkanes of at least 4 members (excludes halogenated alkanes) is 2. The summed E-state index contributed by atoms with van der Waals surface area (Å²) in [6.07, 6.45) is 3.00. The highest BCUT2D eigenvalue weighted by atomic mass is 16.6. The van der Waals surface area contributed by atoms with Gasteiger partial charge in [-0.3, -0.25) is 14.4 Å². The lowest BCUT2D eigenvalue weighted by atomic mass is 9.94. The zero-order valence-corrected chi connectivity index (χ0v) is 25.1. The summed E-state index contributed by atoms with van der Waals surface area (Å²) in [4.78, 5) is 54.2. The monoisotopic (exact) mass is 546 g/mol. The number of benzene rings is 1. The minimum atomic E-state index is -1.29. The fraction of sp³-hybridized carbons (Fsp3) is 0.667. The van der Waals surface area contributed by atoms with Crippen molar-refractivity contribution in [1.29, 1.82) is 0 Å². The van der Waals surface area contributed by atoms with Crippen molar-refractivity contribution >= 4 is 23.8 Å². The molecule has 4 N–H and O–H groups in total. The highest BCUT2D eigenvalue weighted by molar-refractivity contribution is 5.94. The van der Waals surface area contributed by atoms with Gasteiger partial charge in [-0.1, -0.05) is 57.9 Å². The molecule has 0 saturated carbocycles. The summed E-state index contributed by atoms with van der Waals surface area (Å²) in [5.74, 6) is -1.24. The van der Waals surface area contributed by atoms with E-state index in [1.165, 1.54) is 4.90 Å². The first kappa shape index (κ1) is 33.9. The third-order valence-corrected chi connectivity index (χ3v) is 6.37. The standard InChI is InChI=1S/C30H50N4O5/c1-9-10-13-18-32-27(36)26(23-15-12-11-14-21(23)4)34(22(5)17-16-20(2)3)28(37)24(19-25(31)35)33-29(38)39-30(6,7)8/h11-12,14-15,20,22,24,26H,9-10,13,16-19H2,1-8H3,(H2,31,35)(H,32,36)(H,33,38). The third kappa shape index (κ3) is 12.1. The molecule has 1 aromatic rings. The fourth-order valence-electron chi connectivity index (χ4n) is 4.34. The van der Waals surface area contributed by atoms with Gasteiger partial charge in [0.05, 0.1) is 6.42 Å². The number of primary amides is 1. The number of carbonyl (C=O) groups is 4. The van der Waals surface area contributed by atoms with Crippen LogP contribution in [0.2, 0.25) is 0 Å². The predicted octanol–water partition coefficient (Wildman–Crippen LogP) is 4.76. The second-order valence-electron chi connectivity index (χ2n) is 11.7. The van der Waals surface area contributed by atoms with E-state index in [2.05, 4.69) is 31.4 Å². The van der Waals surface area contributed by atoms with Gasteiger partial charge in [0.15, 0.2) is 0 Å². The Morgan fingerprint density at radius 2 is 1.67 bits per heavy atom. The molecule has 3 unspecified atom stereocenters. The average molecular weight is 547 g/mol. The molecule has 220 valence electrons. The molecule has 0 aliphatic rings. The van der Waals surface area contributed by atoms with Crippen LogP contribution >= 0.6 is 0 Å². The van der Waals surface area contributed by atoms with E-state index in [4.69, 9.17) is 10.5 Å². The highest BCUT2D eigenvalue weighted by Crippen LogP contribution is 2.30. The fourth-order valence-corrected chi connectivity index (χ4v) is 4.34. The topological polar surface area (TPSA) is 131 Å². The van der Waals surface area contributed by atoms with Gasteiger partial charge in [-0.05, 0) is 70.9 Å². The number of alkyl carbamates (subject to hydrolysis) is 1. The molecule has 4 amide bonds. The Morgan fingerprint density at radius 3 is 2.21 bits per heavy atom. The molecule has 3 atom stereocenters. The van der Waals surface area contributed by atoms with Gasteiger partial charge in [0.1, 0.15) is 17.7 Å². The summed E-state index contributed by atoms with van der Waals surface area (Å²) in [6, 6.07) is 4.82. The van der Waals surface area contributed by atoms with Crippen LogP contribution in [0.4, 0.5) is 4.79 Å². The quantitative estimate of drug-likeness (QED) is 0.273. The van der Waals surface area contributed by atoms with Crippen molar-refractivity contribution in [3.05, 3.63) is 35.4 Å². The number of nitrogens with one attached hydrogen (secondary N) is 2. The van der Waals surface area contributed by atoms with Crippen molar-refractivity contribution < 1.29 is 23.9 Å². The third-order valence-electron chi connectivity index (χ3n) is 6.37. The first-order valence-corrected chi connectivity index (χ1v) is 14.1. The molecule has 0 fully saturated rings. The van der Waals surface area contributed by atoms with Crippen LogP contribution in [-0.4, -0.2) is 52.9 Å². The first-order valence-electron chi connectivity index (χ1n) is 14.1. The number of hydrogen-bond acceptors (Lipinski definition) is 5. The maximum atomic E-state index is 14.2. The predicted molar refractivity (Wildman–Crippen MR) is 154 cm³/mol. The SMILES string of the molecule is CCCCCNC(=O)C(c1ccccc1C)N(C(=O)C(CC(N)=O)NC(=O)OC(C)(C)C)C(C)CCC(C)C. The number of aryl methyl sites for hydroxylation is 1. The maximum Gasteiger partial charge on any atom is 0.408 e. The van der Waals surface area contributed by atoms with Crippen molar-refractivity contribution in [3.8, 4) is 0 Å². The molecular weight excluding hydrogens is 496 g/mol. The lowest BCUT2D eigenvalue weighted by molar-refractivity contribution is -0.146. The van der Waals surface area contributed by atoms with Crippen molar-refractivity contribution in [2.75, 3.05) is 6.54 Å². The van der Waals surface area contributed by atoms with Gasteiger partial charge in [0.25, 0.3) is 0 Å². The number of ether oxygens (including phenoxy) is 1. The average Bonchev–Trinajstić information content (AvgIpc) is 2.82. The van der Waals surface area contributed by atoms with Gasteiger partial charge in [0, 0.05) is 12.6 Å². The molecule has 0 radical (unpaired) electrons. The number of amides is 4. The van der Waals surface area contributed by atoms with Gasteiger partial charge >= 0.3 is 6.09 Å². The van der Waals surface area contributed by atoms with Crippen LogP contribution in [-0.2, 0) is 19.1 Å². The molecule has 0 heterocycles. The number of nitrogens with zero attached hydrogens (tertiary/aromatic N) is 1. The van der Waals surface area contributed by atoms with Crippen molar-refractivity contribution in [3.63, 3.8) is 0 Å². The molecule has 9 nitrogen and oxygen atoms in total. The normalized spacial score (nSPS) is 13.8. The molecule has 9 heteroatoms. The summed E-state index contributed by atoms with van der Waals surface area (Å²) >= 11 is 0. The summed E-state index contributed by atoms with van der Waals surface area (Å²) in [7, 11) is 0. The number of nitrogens with two attached hydrogens (primary N) is 1. The Morgan fingerprint density at radius 1 is 1.03 bits per heavy atom. The minimum Gasteiger partial charge on any atom is -0.444 e. The van der Waals surface area contributed by atoms with Crippen LogP contribution in [0.3, 0.4) is 0 Å². The van der Waals surface area contributed by atoms with E-state index in [1.807, 2.05) is 38.1 Å². The number of carbonyl (C=O) groups excluding carboxylic acids is 4. The van der Waals surface area contributed by atoms with Crippen LogP contribution in [0.5, 0.6) is 0 Å². The smallest absolute Gasteiger partial charge is 0.408 e. The Bertz CT molecular complexity index is 957. The Balaban J connectivity index is 3.59. The second kappa shape index (κ2) is 16.1. The van der Waals surface area contributed by atoms with Crippen LogP contribution in [0.25, 0.3) is 0 Å². The zero-order chi connectivity index (χ0) is 29.8. The van der Waals surface area contributed by atoms with E-state index >= 15 is 0 Å². The molecule has 0 aliphatic carbocycles. The Kier molecular flexibility index (Phi) is 14.0. The van der Waals surface area contributed by atoms with Crippen molar-refractivity contribution in [2.24, 2.45) is 11.7 Å². The zero-order valence-electron chi connectivity index (χ0n) is 25.1. The van der Waals surface area contributed by atoms with Crippen LogP contribution < -0.4 is 16.4 Å². The first-order chi connectivity index (χ1) is 18.2. The molecule has 1 aromatic carbocycles. The summed E-state index contributed by atoms with van der Waals surface area (Å²) in [5, 5.41) is 5.55. The lowest BCUT2D eigenvalue weighted by Crippen LogP contribution is -2.56. The number of hydrogen-bond donors (Lipinski definition) is 3. The van der Waals surface area contributed by atoms with Gasteiger partial charge < -0.3 is 26.0 Å². The van der Waals surface area contributed by atoms with E-state index < -0.39 is 42.0 Å². The molecular formula is C30H50N4O5. The molecule has 0 bridgehead atoms. The van der Waals surface area contributed by atoms with E-state index in [0.29, 0.717) is 24.4 Å². The van der Waals surface area contributed by atoms with Crippen molar-refractivity contribution in [1.82, 2.24) is 15.5 Å². The summed E-state index contributed by atoms with van der Waals surface area (Å²) in [6.45, 7) is 15.7.